The summed E-state index contributed by atoms with van der Waals surface area (Å²) in [4.78, 5) is 111. The first-order chi connectivity index (χ1) is 37.0. The molecule has 4 bridgehead atoms. The van der Waals surface area contributed by atoms with Crippen molar-refractivity contribution in [2.75, 3.05) is 46.9 Å². The van der Waals surface area contributed by atoms with E-state index in [9.17, 15) is 33.6 Å². The molecule has 22 heteroatoms. The van der Waals surface area contributed by atoms with Crippen LogP contribution in [0.25, 0.3) is 11.1 Å². The standard InChI is InChI=1S/C57H83N9O13/c1-15-16-17-36-18-21-39(34(2)30-36)48(68)63-42(24-25-59-52(72)77-55(4,5)6)51(71)66(14)46-38-20-23-45(76-29-27-61-54(74)79-57(10,11)12)41(33-38)40-31-37(19-22-44(40)75-28-26-60-53(73)78-56(7,8)9)32-43(49(69)65-58-13)64-47(67)35(3)62-50(46)70/h18-23,30-31,33,35,42-43,46,58H,15-17,24-29,32H2,1-14H3,(H,59,72)(H,60,73)(H,61,74)(H,62,70)(H,63,68)(H,64,67)(H,65,69)/t35-,42-,43-,46-/m0/s1. The van der Waals surface area contributed by atoms with E-state index < -0.39 is 88.8 Å². The summed E-state index contributed by atoms with van der Waals surface area (Å²) < 4.78 is 28.9. The quantitative estimate of drug-likeness (QED) is 0.0376. The molecule has 3 aromatic carbocycles. The van der Waals surface area contributed by atoms with E-state index in [1.165, 1.54) is 21.0 Å². The molecule has 0 saturated heterocycles. The first-order valence-electron chi connectivity index (χ1n) is 26.7. The van der Waals surface area contributed by atoms with Gasteiger partial charge in [0.15, 0.2) is 0 Å². The van der Waals surface area contributed by atoms with Crippen LogP contribution >= 0.6 is 0 Å². The number of fused-ring (bicyclic) bond motifs is 5. The Hall–Kier alpha value is -7.62. The topological polar surface area (TPSA) is 282 Å². The summed E-state index contributed by atoms with van der Waals surface area (Å²) in [6.45, 7) is 20.6. The average molecular weight is 1100 g/mol. The van der Waals surface area contributed by atoms with Crippen LogP contribution in [0, 0.1) is 6.92 Å². The lowest BCUT2D eigenvalue weighted by molar-refractivity contribution is -0.141. The summed E-state index contributed by atoms with van der Waals surface area (Å²) in [6, 6.07) is 10.1. The first-order valence-corrected chi connectivity index (χ1v) is 26.7. The van der Waals surface area contributed by atoms with Gasteiger partial charge >= 0.3 is 18.3 Å². The maximum atomic E-state index is 15.2. The Bertz CT molecular complexity index is 2640. The maximum absolute atomic E-state index is 15.2. The molecule has 434 valence electrons. The molecule has 8 amide bonds. The van der Waals surface area contributed by atoms with Crippen LogP contribution in [0.3, 0.4) is 0 Å². The summed E-state index contributed by atoms with van der Waals surface area (Å²) in [5.41, 5.74) is 6.32. The van der Waals surface area contributed by atoms with Crippen LogP contribution in [0.1, 0.15) is 134 Å². The fraction of sp³-hybridized carbons (Fsp3) is 0.544. The van der Waals surface area contributed by atoms with E-state index in [4.69, 9.17) is 23.7 Å². The Balaban J connectivity index is 1.91. The van der Waals surface area contributed by atoms with Gasteiger partial charge in [0.1, 0.15) is 65.7 Å². The molecule has 22 nitrogen and oxygen atoms in total. The van der Waals surface area contributed by atoms with Gasteiger partial charge < -0.3 is 60.5 Å². The van der Waals surface area contributed by atoms with Crippen molar-refractivity contribution in [2.24, 2.45) is 0 Å². The molecule has 4 rings (SSSR count). The lowest BCUT2D eigenvalue weighted by atomic mass is 9.93. The lowest BCUT2D eigenvalue weighted by Gasteiger charge is -2.33. The van der Waals surface area contributed by atoms with Crippen molar-refractivity contribution in [3.05, 3.63) is 82.4 Å². The maximum Gasteiger partial charge on any atom is 0.407 e. The van der Waals surface area contributed by atoms with E-state index in [2.05, 4.69) is 49.7 Å². The number of alkyl carbamates (subject to hydrolysis) is 3. The van der Waals surface area contributed by atoms with Crippen molar-refractivity contribution in [2.45, 2.75) is 156 Å². The summed E-state index contributed by atoms with van der Waals surface area (Å²) in [5, 5.41) is 16.4. The number of unbranched alkanes of at least 4 members (excludes halogenated alkanes) is 1. The fourth-order valence-corrected chi connectivity index (χ4v) is 8.23. The molecule has 3 aromatic rings. The highest BCUT2D eigenvalue weighted by molar-refractivity contribution is 6.00. The van der Waals surface area contributed by atoms with Crippen LogP contribution < -0.4 is 52.2 Å². The lowest BCUT2D eigenvalue weighted by Crippen LogP contribution is -2.56. The highest BCUT2D eigenvalue weighted by atomic mass is 16.6. The molecule has 79 heavy (non-hydrogen) atoms. The Morgan fingerprint density at radius 3 is 1.78 bits per heavy atom. The normalized spacial score (nSPS) is 16.1. The minimum absolute atomic E-state index is 0.0103. The molecule has 0 unspecified atom stereocenters. The number of benzene rings is 3. The van der Waals surface area contributed by atoms with Crippen molar-refractivity contribution >= 4 is 47.8 Å². The number of amides is 8. The Morgan fingerprint density at radius 2 is 1.25 bits per heavy atom. The second kappa shape index (κ2) is 28.8. The van der Waals surface area contributed by atoms with Gasteiger partial charge in [0.25, 0.3) is 11.8 Å². The zero-order chi connectivity index (χ0) is 58.8. The van der Waals surface area contributed by atoms with Gasteiger partial charge in [-0.2, -0.15) is 0 Å². The van der Waals surface area contributed by atoms with Crippen LogP contribution in [0.2, 0.25) is 0 Å². The van der Waals surface area contributed by atoms with Crippen LogP contribution in [0.5, 0.6) is 11.5 Å². The molecule has 0 aromatic heterocycles. The molecule has 0 radical (unpaired) electrons. The number of nitrogens with one attached hydrogen (secondary N) is 8. The molecule has 4 atom stereocenters. The van der Waals surface area contributed by atoms with Crippen LogP contribution in [0.4, 0.5) is 14.4 Å². The molecular formula is C57H83N9O13. The summed E-state index contributed by atoms with van der Waals surface area (Å²) in [6.07, 6.45) is 0.526. The second-order valence-corrected chi connectivity index (χ2v) is 22.2. The Kier molecular flexibility index (Phi) is 23.3. The van der Waals surface area contributed by atoms with E-state index >= 15 is 4.79 Å². The number of carbonyl (C=O) groups is 8. The average Bonchev–Trinajstić information content (AvgIpc) is 3.38. The number of hydrazine groups is 1. The SMILES string of the molecule is CCCCc1ccc(C(=O)N[C@@H](CCNC(=O)OC(C)(C)C)C(=O)N(C)[C@@H]2C(=O)N[C@@H](C)C(=O)N[C@H](C(=O)NNC)Cc3ccc(OCCNC(=O)OC(C)(C)C)c(c3)-c3cc2ccc3OCCNC(=O)OC(C)(C)C)c(C)c1. The van der Waals surface area contributed by atoms with Crippen molar-refractivity contribution < 1.29 is 62.0 Å². The van der Waals surface area contributed by atoms with Gasteiger partial charge in [0.05, 0.1) is 13.1 Å². The molecule has 0 saturated carbocycles. The number of hydrogen-bond donors (Lipinski definition) is 8. The number of likely N-dealkylation sites (N-methyl/N-ethyl adjacent to an activating group) is 1. The zero-order valence-electron chi connectivity index (χ0n) is 48.3. The minimum Gasteiger partial charge on any atom is -0.491 e. The third-order valence-corrected chi connectivity index (χ3v) is 11.8. The number of carbonyl (C=O) groups excluding carboxylic acids is 8. The summed E-state index contributed by atoms with van der Waals surface area (Å²) >= 11 is 0. The van der Waals surface area contributed by atoms with Gasteiger partial charge in [0.2, 0.25) is 17.7 Å². The number of aryl methyl sites for hydroxylation is 2. The summed E-state index contributed by atoms with van der Waals surface area (Å²) in [5.74, 6) is -2.93. The molecule has 8 N–H and O–H groups in total. The van der Waals surface area contributed by atoms with Gasteiger partial charge in [0, 0.05) is 43.8 Å². The van der Waals surface area contributed by atoms with Gasteiger partial charge in [-0.05, 0) is 148 Å². The van der Waals surface area contributed by atoms with E-state index in [-0.39, 0.29) is 62.8 Å². The van der Waals surface area contributed by atoms with Crippen molar-refractivity contribution in [1.29, 1.82) is 0 Å². The Morgan fingerprint density at radius 1 is 0.709 bits per heavy atom. The van der Waals surface area contributed by atoms with E-state index in [1.54, 1.807) is 112 Å². The van der Waals surface area contributed by atoms with Gasteiger partial charge in [-0.15, -0.1) is 0 Å². The van der Waals surface area contributed by atoms with E-state index in [0.29, 0.717) is 27.8 Å². The highest BCUT2D eigenvalue weighted by Crippen LogP contribution is 2.40. The van der Waals surface area contributed by atoms with Gasteiger partial charge in [-0.3, -0.25) is 29.4 Å². The van der Waals surface area contributed by atoms with Crippen molar-refractivity contribution in [3.8, 4) is 22.6 Å². The van der Waals surface area contributed by atoms with Crippen molar-refractivity contribution in [1.82, 2.24) is 47.7 Å². The zero-order valence-corrected chi connectivity index (χ0v) is 48.3. The monoisotopic (exact) mass is 1100 g/mol. The van der Waals surface area contributed by atoms with E-state index in [0.717, 1.165) is 29.7 Å². The molecule has 1 aliphatic heterocycles. The van der Waals surface area contributed by atoms with Gasteiger partial charge in [-0.1, -0.05) is 37.6 Å². The van der Waals surface area contributed by atoms with Crippen LogP contribution in [0.15, 0.2) is 54.6 Å². The first kappa shape index (κ1) is 63.9. The second-order valence-electron chi connectivity index (χ2n) is 22.2. The third-order valence-electron chi connectivity index (χ3n) is 11.8. The number of hydrogen-bond acceptors (Lipinski definition) is 14. The predicted molar refractivity (Wildman–Crippen MR) is 297 cm³/mol. The van der Waals surface area contributed by atoms with Gasteiger partial charge in [-0.25, -0.2) is 19.8 Å². The molecule has 1 heterocycles. The molecule has 0 spiro atoms. The number of rotatable bonds is 20. The van der Waals surface area contributed by atoms with E-state index in [1.807, 2.05) is 12.1 Å². The van der Waals surface area contributed by atoms with Crippen LogP contribution in [-0.2, 0) is 46.2 Å². The molecular weight excluding hydrogens is 1020 g/mol. The predicted octanol–water partition coefficient (Wildman–Crippen LogP) is 5.82. The largest absolute Gasteiger partial charge is 0.491 e. The van der Waals surface area contributed by atoms with Crippen molar-refractivity contribution in [3.63, 3.8) is 0 Å². The Labute approximate surface area is 464 Å². The van der Waals surface area contributed by atoms with Crippen LogP contribution in [-0.4, -0.2) is 135 Å². The molecule has 1 aliphatic rings. The smallest absolute Gasteiger partial charge is 0.407 e. The third kappa shape index (κ3) is 20.9. The fourth-order valence-electron chi connectivity index (χ4n) is 8.23. The number of ether oxygens (including phenoxy) is 5. The number of nitrogens with zero attached hydrogens (tertiary/aromatic N) is 1. The minimum atomic E-state index is -1.53. The summed E-state index contributed by atoms with van der Waals surface area (Å²) in [7, 11) is 2.87. The molecule has 0 fully saturated rings. The highest BCUT2D eigenvalue weighted by Gasteiger charge is 2.37. The molecule has 0 aliphatic carbocycles.